The van der Waals surface area contributed by atoms with Crippen LogP contribution in [0.25, 0.3) is 10.9 Å². The quantitative estimate of drug-likeness (QED) is 0.644. The standard InChI is InChI=1S/C23H24N4O2/c1-15-8-23(26-16(2)28)27-22-12-18(4-5-21(15)22)14-29-20-10-17(6-7-25-3)9-19(11-20)13-24/h4-5,8-12,25H,6-7,14H2,1-3H3,(H,26,27,28). The van der Waals surface area contributed by atoms with Crippen molar-refractivity contribution in [3.63, 3.8) is 0 Å². The fraction of sp³-hybridized carbons (Fsp3) is 0.261. The van der Waals surface area contributed by atoms with Gasteiger partial charge in [0.05, 0.1) is 17.1 Å². The minimum atomic E-state index is -0.151. The molecule has 1 aromatic heterocycles. The van der Waals surface area contributed by atoms with Crippen molar-refractivity contribution >= 4 is 22.6 Å². The van der Waals surface area contributed by atoms with E-state index in [1.165, 1.54) is 6.92 Å². The van der Waals surface area contributed by atoms with Gasteiger partial charge in [0.15, 0.2) is 0 Å². The zero-order valence-corrected chi connectivity index (χ0v) is 16.9. The number of likely N-dealkylation sites (N-methyl/N-ethyl adjacent to an activating group) is 1. The minimum Gasteiger partial charge on any atom is -0.489 e. The lowest BCUT2D eigenvalue weighted by Crippen LogP contribution is -2.10. The van der Waals surface area contributed by atoms with Gasteiger partial charge in [0.25, 0.3) is 0 Å². The zero-order chi connectivity index (χ0) is 20.8. The van der Waals surface area contributed by atoms with Gasteiger partial charge in [-0.15, -0.1) is 0 Å². The lowest BCUT2D eigenvalue weighted by molar-refractivity contribution is -0.114. The van der Waals surface area contributed by atoms with Crippen LogP contribution in [0.4, 0.5) is 5.82 Å². The van der Waals surface area contributed by atoms with Crippen molar-refractivity contribution in [3.8, 4) is 11.8 Å². The summed E-state index contributed by atoms with van der Waals surface area (Å²) in [7, 11) is 1.90. The molecule has 3 rings (SSSR count). The molecule has 0 unspecified atom stereocenters. The van der Waals surface area contributed by atoms with Crippen molar-refractivity contribution < 1.29 is 9.53 Å². The molecule has 0 spiro atoms. The van der Waals surface area contributed by atoms with E-state index in [-0.39, 0.29) is 5.91 Å². The highest BCUT2D eigenvalue weighted by Crippen LogP contribution is 2.23. The van der Waals surface area contributed by atoms with Crippen LogP contribution in [0.3, 0.4) is 0 Å². The Hall–Kier alpha value is -3.43. The highest BCUT2D eigenvalue weighted by molar-refractivity contribution is 5.91. The van der Waals surface area contributed by atoms with Crippen LogP contribution in [0.5, 0.6) is 5.75 Å². The van der Waals surface area contributed by atoms with Crippen LogP contribution in [-0.4, -0.2) is 24.5 Å². The third-order valence-electron chi connectivity index (χ3n) is 4.55. The summed E-state index contributed by atoms with van der Waals surface area (Å²) in [5, 5.41) is 16.1. The number of nitriles is 1. The summed E-state index contributed by atoms with van der Waals surface area (Å²) in [4.78, 5) is 15.9. The average Bonchev–Trinajstić information content (AvgIpc) is 2.69. The molecule has 0 saturated carbocycles. The normalized spacial score (nSPS) is 10.6. The number of amides is 1. The van der Waals surface area contributed by atoms with Gasteiger partial charge >= 0.3 is 0 Å². The lowest BCUT2D eigenvalue weighted by atomic mass is 10.1. The van der Waals surface area contributed by atoms with E-state index in [2.05, 4.69) is 21.7 Å². The predicted molar refractivity (Wildman–Crippen MR) is 114 cm³/mol. The molecule has 1 amide bonds. The van der Waals surface area contributed by atoms with E-state index in [0.29, 0.717) is 23.7 Å². The molecule has 0 aliphatic carbocycles. The van der Waals surface area contributed by atoms with Crippen molar-refractivity contribution in [2.75, 3.05) is 18.9 Å². The van der Waals surface area contributed by atoms with E-state index >= 15 is 0 Å². The highest BCUT2D eigenvalue weighted by atomic mass is 16.5. The van der Waals surface area contributed by atoms with E-state index in [1.54, 1.807) is 6.07 Å². The first-order valence-corrected chi connectivity index (χ1v) is 9.48. The number of carbonyl (C=O) groups excluding carboxylic acids is 1. The van der Waals surface area contributed by atoms with Gasteiger partial charge < -0.3 is 15.4 Å². The number of carbonyl (C=O) groups is 1. The Balaban J connectivity index is 1.81. The second-order valence-electron chi connectivity index (χ2n) is 6.98. The van der Waals surface area contributed by atoms with Crippen LogP contribution < -0.4 is 15.4 Å². The predicted octanol–water partition coefficient (Wildman–Crippen LogP) is 3.71. The van der Waals surface area contributed by atoms with Crippen LogP contribution in [-0.2, 0) is 17.8 Å². The summed E-state index contributed by atoms with van der Waals surface area (Å²) >= 11 is 0. The number of hydrogen-bond acceptors (Lipinski definition) is 5. The van der Waals surface area contributed by atoms with Gasteiger partial charge in [0.2, 0.25) is 5.91 Å². The smallest absolute Gasteiger partial charge is 0.222 e. The summed E-state index contributed by atoms with van der Waals surface area (Å²) < 4.78 is 5.96. The summed E-state index contributed by atoms with van der Waals surface area (Å²) in [5.74, 6) is 1.06. The van der Waals surface area contributed by atoms with E-state index in [9.17, 15) is 10.1 Å². The van der Waals surface area contributed by atoms with Crippen molar-refractivity contribution in [2.45, 2.75) is 26.9 Å². The Morgan fingerprint density at radius 1 is 1.17 bits per heavy atom. The SMILES string of the molecule is CNCCc1cc(C#N)cc(OCc2ccc3c(C)cc(NC(C)=O)nc3c2)c1. The van der Waals surface area contributed by atoms with Crippen LogP contribution >= 0.6 is 0 Å². The molecule has 2 aromatic carbocycles. The number of aryl methyl sites for hydroxylation is 1. The molecule has 6 heteroatoms. The van der Waals surface area contributed by atoms with Gasteiger partial charge in [-0.05, 0) is 74.0 Å². The number of nitrogens with one attached hydrogen (secondary N) is 2. The van der Waals surface area contributed by atoms with Crippen LogP contribution in [0.2, 0.25) is 0 Å². The number of fused-ring (bicyclic) bond motifs is 1. The van der Waals surface area contributed by atoms with Gasteiger partial charge in [0, 0.05) is 12.3 Å². The molecule has 148 valence electrons. The zero-order valence-electron chi connectivity index (χ0n) is 16.9. The Morgan fingerprint density at radius 2 is 2.00 bits per heavy atom. The van der Waals surface area contributed by atoms with Gasteiger partial charge in [-0.1, -0.05) is 12.1 Å². The topological polar surface area (TPSA) is 87.0 Å². The third kappa shape index (κ3) is 5.31. The molecule has 29 heavy (non-hydrogen) atoms. The Labute approximate surface area is 170 Å². The number of benzene rings is 2. The van der Waals surface area contributed by atoms with Gasteiger partial charge in [0.1, 0.15) is 18.2 Å². The molecule has 0 radical (unpaired) electrons. The fourth-order valence-electron chi connectivity index (χ4n) is 3.17. The van der Waals surface area contributed by atoms with Crippen LogP contribution in [0.1, 0.15) is 29.2 Å². The molecule has 1 heterocycles. The van der Waals surface area contributed by atoms with Crippen LogP contribution in [0, 0.1) is 18.3 Å². The number of hydrogen-bond donors (Lipinski definition) is 2. The Morgan fingerprint density at radius 3 is 2.72 bits per heavy atom. The molecule has 2 N–H and O–H groups in total. The number of nitrogens with zero attached hydrogens (tertiary/aromatic N) is 2. The van der Waals surface area contributed by atoms with Crippen molar-refractivity contribution in [2.24, 2.45) is 0 Å². The second-order valence-corrected chi connectivity index (χ2v) is 6.98. The molecule has 0 bridgehead atoms. The molecule has 3 aromatic rings. The lowest BCUT2D eigenvalue weighted by Gasteiger charge is -2.11. The Bertz CT molecular complexity index is 1090. The molecular weight excluding hydrogens is 364 g/mol. The average molecular weight is 388 g/mol. The maximum absolute atomic E-state index is 11.3. The molecule has 0 fully saturated rings. The maximum atomic E-state index is 11.3. The molecule has 0 saturated heterocycles. The molecule has 0 aliphatic heterocycles. The highest BCUT2D eigenvalue weighted by Gasteiger charge is 2.07. The van der Waals surface area contributed by atoms with Gasteiger partial charge in [-0.3, -0.25) is 4.79 Å². The molecule has 6 nitrogen and oxygen atoms in total. The second kappa shape index (κ2) is 9.18. The van der Waals surface area contributed by atoms with E-state index in [4.69, 9.17) is 4.74 Å². The third-order valence-corrected chi connectivity index (χ3v) is 4.55. The van der Waals surface area contributed by atoms with Crippen molar-refractivity contribution in [3.05, 3.63) is 64.7 Å². The van der Waals surface area contributed by atoms with Crippen molar-refractivity contribution in [1.29, 1.82) is 5.26 Å². The van der Waals surface area contributed by atoms with Gasteiger partial charge in [-0.25, -0.2) is 4.98 Å². The summed E-state index contributed by atoms with van der Waals surface area (Å²) in [5.41, 5.74) is 4.45. The van der Waals surface area contributed by atoms with Gasteiger partial charge in [-0.2, -0.15) is 5.26 Å². The molecule has 0 aliphatic rings. The fourth-order valence-corrected chi connectivity index (χ4v) is 3.17. The summed E-state index contributed by atoms with van der Waals surface area (Å²) in [6.45, 7) is 4.65. The first kappa shape index (κ1) is 20.3. The minimum absolute atomic E-state index is 0.151. The number of aromatic nitrogens is 1. The van der Waals surface area contributed by atoms with E-state index in [0.717, 1.165) is 40.6 Å². The molecule has 0 atom stereocenters. The largest absolute Gasteiger partial charge is 0.489 e. The Kier molecular flexibility index (Phi) is 6.43. The summed E-state index contributed by atoms with van der Waals surface area (Å²) in [6.07, 6.45) is 0.827. The first-order chi connectivity index (χ1) is 14.0. The summed E-state index contributed by atoms with van der Waals surface area (Å²) in [6, 6.07) is 15.6. The first-order valence-electron chi connectivity index (χ1n) is 9.48. The number of rotatable bonds is 7. The molecular formula is C23H24N4O2. The number of ether oxygens (including phenoxy) is 1. The number of anilines is 1. The van der Waals surface area contributed by atoms with E-state index in [1.807, 2.05) is 50.4 Å². The van der Waals surface area contributed by atoms with Crippen LogP contribution in [0.15, 0.2) is 42.5 Å². The number of pyridine rings is 1. The monoisotopic (exact) mass is 388 g/mol. The van der Waals surface area contributed by atoms with Crippen molar-refractivity contribution in [1.82, 2.24) is 10.3 Å². The van der Waals surface area contributed by atoms with E-state index < -0.39 is 0 Å². The maximum Gasteiger partial charge on any atom is 0.222 e.